The molecule has 0 unspecified atom stereocenters. The highest BCUT2D eigenvalue weighted by molar-refractivity contribution is 5.76. The minimum absolute atomic E-state index is 0.327. The summed E-state index contributed by atoms with van der Waals surface area (Å²) in [4.78, 5) is 14.2. The lowest BCUT2D eigenvalue weighted by molar-refractivity contribution is -0.130. The first-order valence-corrected chi connectivity index (χ1v) is 8.09. The van der Waals surface area contributed by atoms with Crippen LogP contribution in [0.4, 0.5) is 0 Å². The van der Waals surface area contributed by atoms with Crippen molar-refractivity contribution in [3.63, 3.8) is 0 Å². The van der Waals surface area contributed by atoms with Crippen LogP contribution in [0.5, 0.6) is 0 Å². The Balaban J connectivity index is 2.42. The van der Waals surface area contributed by atoms with E-state index in [9.17, 15) is 4.79 Å². The molecular formula is C18H31NO. The van der Waals surface area contributed by atoms with E-state index >= 15 is 0 Å². The van der Waals surface area contributed by atoms with Crippen molar-refractivity contribution in [3.8, 4) is 0 Å². The van der Waals surface area contributed by atoms with Crippen LogP contribution in [-0.2, 0) is 4.79 Å². The van der Waals surface area contributed by atoms with Crippen molar-refractivity contribution in [3.05, 3.63) is 23.3 Å². The molecule has 20 heavy (non-hydrogen) atoms. The van der Waals surface area contributed by atoms with Crippen molar-refractivity contribution in [2.75, 3.05) is 13.1 Å². The number of carbonyl (C=O) groups is 1. The molecule has 1 aliphatic rings. The molecule has 1 amide bonds. The second-order valence-corrected chi connectivity index (χ2v) is 6.36. The number of nitrogens with zero attached hydrogens (tertiary/aromatic N) is 1. The van der Waals surface area contributed by atoms with E-state index in [4.69, 9.17) is 0 Å². The number of hydrogen-bond donors (Lipinski definition) is 0. The maximum absolute atomic E-state index is 12.1. The fraction of sp³-hybridized carbons (Fsp3) is 0.722. The molecule has 2 nitrogen and oxygen atoms in total. The third-order valence-corrected chi connectivity index (χ3v) is 3.74. The van der Waals surface area contributed by atoms with Gasteiger partial charge in [0, 0.05) is 19.5 Å². The number of amides is 1. The largest absolute Gasteiger partial charge is 0.339 e. The lowest BCUT2D eigenvalue weighted by Gasteiger charge is -2.21. The van der Waals surface area contributed by atoms with E-state index in [2.05, 4.69) is 44.7 Å². The second kappa shape index (κ2) is 8.99. The van der Waals surface area contributed by atoms with Gasteiger partial charge in [-0.2, -0.15) is 0 Å². The summed E-state index contributed by atoms with van der Waals surface area (Å²) in [6.07, 6.45) is 11.0. The molecule has 0 spiro atoms. The molecule has 0 aromatic rings. The molecule has 0 heterocycles. The fourth-order valence-corrected chi connectivity index (χ4v) is 2.22. The molecule has 0 aromatic heterocycles. The summed E-state index contributed by atoms with van der Waals surface area (Å²) in [6, 6.07) is 0. The van der Waals surface area contributed by atoms with Crippen LogP contribution in [0.25, 0.3) is 0 Å². The summed E-state index contributed by atoms with van der Waals surface area (Å²) >= 11 is 0. The van der Waals surface area contributed by atoms with Gasteiger partial charge in [0.25, 0.3) is 0 Å². The highest BCUT2D eigenvalue weighted by atomic mass is 16.2. The Bertz CT molecular complexity index is 360. The van der Waals surface area contributed by atoms with Crippen LogP contribution in [0.3, 0.4) is 0 Å². The van der Waals surface area contributed by atoms with Crippen molar-refractivity contribution >= 4 is 5.91 Å². The highest BCUT2D eigenvalue weighted by Gasteiger charge is 2.25. The first-order chi connectivity index (χ1) is 9.52. The first-order valence-electron chi connectivity index (χ1n) is 8.09. The van der Waals surface area contributed by atoms with E-state index in [0.717, 1.165) is 38.3 Å². The fourth-order valence-electron chi connectivity index (χ4n) is 2.22. The smallest absolute Gasteiger partial charge is 0.222 e. The van der Waals surface area contributed by atoms with Crippen LogP contribution >= 0.6 is 0 Å². The van der Waals surface area contributed by atoms with E-state index in [1.54, 1.807) is 0 Å². The van der Waals surface area contributed by atoms with E-state index in [0.29, 0.717) is 12.3 Å². The minimum atomic E-state index is 0.327. The van der Waals surface area contributed by atoms with Crippen LogP contribution in [0.2, 0.25) is 0 Å². The van der Waals surface area contributed by atoms with Gasteiger partial charge in [-0.05, 0) is 58.8 Å². The Morgan fingerprint density at radius 2 is 1.85 bits per heavy atom. The van der Waals surface area contributed by atoms with E-state index < -0.39 is 0 Å². The van der Waals surface area contributed by atoms with E-state index in [1.165, 1.54) is 24.0 Å². The molecule has 0 saturated heterocycles. The topological polar surface area (TPSA) is 20.3 Å². The van der Waals surface area contributed by atoms with Crippen LogP contribution < -0.4 is 0 Å². The standard InChI is InChI=1S/C18H31NO/c1-5-7-18(20)19(14-17-10-11-17)13-12-16(4)9-6-8-15(2)3/h8,12,17H,5-7,9-11,13-14H2,1-4H3/b16-12-. The zero-order valence-electron chi connectivity index (χ0n) is 13.7. The molecule has 1 aliphatic carbocycles. The van der Waals surface area contributed by atoms with Crippen LogP contribution in [0, 0.1) is 5.92 Å². The summed E-state index contributed by atoms with van der Waals surface area (Å²) in [7, 11) is 0. The number of hydrogen-bond acceptors (Lipinski definition) is 1. The average molecular weight is 277 g/mol. The molecule has 1 saturated carbocycles. The number of allylic oxidation sites excluding steroid dienone is 3. The van der Waals surface area contributed by atoms with Crippen LogP contribution in [-0.4, -0.2) is 23.9 Å². The van der Waals surface area contributed by atoms with Gasteiger partial charge in [0.05, 0.1) is 0 Å². The van der Waals surface area contributed by atoms with Gasteiger partial charge in [0.2, 0.25) is 5.91 Å². The van der Waals surface area contributed by atoms with Gasteiger partial charge in [0.15, 0.2) is 0 Å². The molecule has 1 rings (SSSR count). The van der Waals surface area contributed by atoms with E-state index in [1.807, 2.05) is 0 Å². The van der Waals surface area contributed by atoms with Crippen molar-refractivity contribution in [1.29, 1.82) is 0 Å². The Hall–Kier alpha value is -1.05. The minimum Gasteiger partial charge on any atom is -0.339 e. The van der Waals surface area contributed by atoms with Gasteiger partial charge in [-0.25, -0.2) is 0 Å². The monoisotopic (exact) mass is 277 g/mol. The van der Waals surface area contributed by atoms with Crippen molar-refractivity contribution in [1.82, 2.24) is 4.90 Å². The average Bonchev–Trinajstić information content (AvgIpc) is 3.18. The molecule has 2 heteroatoms. The zero-order valence-corrected chi connectivity index (χ0v) is 13.7. The van der Waals surface area contributed by atoms with Crippen LogP contribution in [0.1, 0.15) is 66.2 Å². The predicted octanol–water partition coefficient (Wildman–Crippen LogP) is 4.72. The van der Waals surface area contributed by atoms with Gasteiger partial charge in [-0.1, -0.05) is 30.2 Å². The molecule has 0 N–H and O–H groups in total. The van der Waals surface area contributed by atoms with Gasteiger partial charge in [-0.15, -0.1) is 0 Å². The first kappa shape index (κ1) is 17.0. The Kier molecular flexibility index (Phi) is 7.64. The maximum atomic E-state index is 12.1. The van der Waals surface area contributed by atoms with Gasteiger partial charge in [0.1, 0.15) is 0 Å². The third kappa shape index (κ3) is 7.52. The van der Waals surface area contributed by atoms with Crippen LogP contribution in [0.15, 0.2) is 23.3 Å². The molecule has 0 radical (unpaired) electrons. The lowest BCUT2D eigenvalue weighted by atomic mass is 10.1. The zero-order chi connectivity index (χ0) is 15.0. The Morgan fingerprint density at radius 3 is 2.40 bits per heavy atom. The van der Waals surface area contributed by atoms with Crippen molar-refractivity contribution in [2.45, 2.75) is 66.2 Å². The molecular weight excluding hydrogens is 246 g/mol. The lowest BCUT2D eigenvalue weighted by Crippen LogP contribution is -2.33. The third-order valence-electron chi connectivity index (χ3n) is 3.74. The molecule has 114 valence electrons. The van der Waals surface area contributed by atoms with Gasteiger partial charge < -0.3 is 4.90 Å². The summed E-state index contributed by atoms with van der Waals surface area (Å²) in [5.74, 6) is 1.10. The summed E-state index contributed by atoms with van der Waals surface area (Å²) < 4.78 is 0. The van der Waals surface area contributed by atoms with Crippen molar-refractivity contribution in [2.24, 2.45) is 5.92 Å². The molecule has 1 fully saturated rings. The molecule has 0 aliphatic heterocycles. The Labute approximate surface area is 124 Å². The Morgan fingerprint density at radius 1 is 1.15 bits per heavy atom. The summed E-state index contributed by atoms with van der Waals surface area (Å²) in [5.41, 5.74) is 2.78. The molecule has 0 bridgehead atoms. The van der Waals surface area contributed by atoms with Crippen molar-refractivity contribution < 1.29 is 4.79 Å². The maximum Gasteiger partial charge on any atom is 0.222 e. The predicted molar refractivity (Wildman–Crippen MR) is 86.6 cm³/mol. The SMILES string of the molecule is CCCC(=O)N(C/C=C(/C)CCC=C(C)C)CC1CC1. The van der Waals surface area contributed by atoms with Gasteiger partial charge >= 0.3 is 0 Å². The normalized spacial score (nSPS) is 15.1. The molecule has 0 atom stereocenters. The second-order valence-electron chi connectivity index (χ2n) is 6.36. The molecule has 0 aromatic carbocycles. The number of carbonyl (C=O) groups excluding carboxylic acids is 1. The quantitative estimate of drug-likeness (QED) is 0.558. The van der Waals surface area contributed by atoms with Gasteiger partial charge in [-0.3, -0.25) is 4.79 Å². The van der Waals surface area contributed by atoms with E-state index in [-0.39, 0.29) is 0 Å². The number of rotatable bonds is 9. The summed E-state index contributed by atoms with van der Waals surface area (Å²) in [6.45, 7) is 10.3. The summed E-state index contributed by atoms with van der Waals surface area (Å²) in [5, 5.41) is 0. The highest BCUT2D eigenvalue weighted by Crippen LogP contribution is 2.30.